The number of benzene rings is 1. The zero-order chi connectivity index (χ0) is 13.9. The number of hydrogen-bond donors (Lipinski definition) is 1. The van der Waals surface area contributed by atoms with Gasteiger partial charge in [0.25, 0.3) is 0 Å². The maximum Gasteiger partial charge on any atom is 0.142 e. The molecule has 1 aliphatic rings. The van der Waals surface area contributed by atoms with Crippen LogP contribution in [0, 0.1) is 5.41 Å². The summed E-state index contributed by atoms with van der Waals surface area (Å²) in [6.45, 7) is 9.32. The summed E-state index contributed by atoms with van der Waals surface area (Å²) >= 11 is 0. The minimum Gasteiger partial charge on any atom is -0.491 e. The molecule has 2 rings (SSSR count). The monoisotopic (exact) mass is 262 g/mol. The van der Waals surface area contributed by atoms with E-state index in [2.05, 4.69) is 43.9 Å². The molecule has 3 heteroatoms. The molecule has 2 N–H and O–H groups in total. The lowest BCUT2D eigenvalue weighted by molar-refractivity contribution is 0.318. The van der Waals surface area contributed by atoms with Crippen molar-refractivity contribution in [3.05, 3.63) is 24.3 Å². The normalized spacial score (nSPS) is 17.4. The van der Waals surface area contributed by atoms with E-state index in [0.717, 1.165) is 31.7 Å². The number of para-hydroxylation sites is 2. The number of nitrogens with two attached hydrogens (primary N) is 1. The molecule has 3 nitrogen and oxygen atoms in total. The van der Waals surface area contributed by atoms with Crippen LogP contribution < -0.4 is 15.4 Å². The molecule has 0 saturated heterocycles. The highest BCUT2D eigenvalue weighted by molar-refractivity contribution is 5.59. The van der Waals surface area contributed by atoms with Gasteiger partial charge in [0.2, 0.25) is 0 Å². The summed E-state index contributed by atoms with van der Waals surface area (Å²) < 4.78 is 5.82. The van der Waals surface area contributed by atoms with Gasteiger partial charge in [0.1, 0.15) is 5.75 Å². The van der Waals surface area contributed by atoms with Gasteiger partial charge in [-0.1, -0.05) is 32.9 Å². The summed E-state index contributed by atoms with van der Waals surface area (Å²) in [5.41, 5.74) is 7.51. The van der Waals surface area contributed by atoms with E-state index in [1.165, 1.54) is 5.69 Å². The SMILES string of the molecule is CC(C)(C)CC(CN)N1CCCOc2ccccc21. The van der Waals surface area contributed by atoms with Gasteiger partial charge in [-0.05, 0) is 30.4 Å². The molecule has 0 spiro atoms. The highest BCUT2D eigenvalue weighted by Crippen LogP contribution is 2.34. The Kier molecular flexibility index (Phi) is 4.35. The fraction of sp³-hybridized carbons (Fsp3) is 0.625. The molecule has 0 radical (unpaired) electrons. The van der Waals surface area contributed by atoms with E-state index in [1.807, 2.05) is 6.07 Å². The van der Waals surface area contributed by atoms with Crippen LogP contribution in [-0.2, 0) is 0 Å². The Balaban J connectivity index is 2.27. The quantitative estimate of drug-likeness (QED) is 0.910. The Morgan fingerprint density at radius 2 is 2.05 bits per heavy atom. The number of anilines is 1. The van der Waals surface area contributed by atoms with Gasteiger partial charge in [0.05, 0.1) is 12.3 Å². The van der Waals surface area contributed by atoms with Crippen molar-refractivity contribution in [2.45, 2.75) is 39.7 Å². The highest BCUT2D eigenvalue weighted by Gasteiger charge is 2.26. The van der Waals surface area contributed by atoms with Crippen LogP contribution >= 0.6 is 0 Å². The van der Waals surface area contributed by atoms with E-state index in [1.54, 1.807) is 0 Å². The van der Waals surface area contributed by atoms with Crippen LogP contribution in [0.15, 0.2) is 24.3 Å². The summed E-state index contributed by atoms with van der Waals surface area (Å²) in [7, 11) is 0. The lowest BCUT2D eigenvalue weighted by Gasteiger charge is -2.36. The van der Waals surface area contributed by atoms with Crippen LogP contribution in [0.5, 0.6) is 5.75 Å². The predicted octanol–water partition coefficient (Wildman–Crippen LogP) is 3.04. The Morgan fingerprint density at radius 1 is 1.32 bits per heavy atom. The number of ether oxygens (including phenoxy) is 1. The van der Waals surface area contributed by atoms with E-state index in [4.69, 9.17) is 10.5 Å². The van der Waals surface area contributed by atoms with Gasteiger partial charge in [0.15, 0.2) is 0 Å². The standard InChI is InChI=1S/C16H26N2O/c1-16(2,3)11-13(12-17)18-9-6-10-19-15-8-5-4-7-14(15)18/h4-5,7-8,13H,6,9-12,17H2,1-3H3. The summed E-state index contributed by atoms with van der Waals surface area (Å²) in [5, 5.41) is 0. The van der Waals surface area contributed by atoms with E-state index in [9.17, 15) is 0 Å². The average Bonchev–Trinajstić information content (AvgIpc) is 2.57. The van der Waals surface area contributed by atoms with Gasteiger partial charge in [-0.15, -0.1) is 0 Å². The molecule has 1 heterocycles. The first-order valence-electron chi connectivity index (χ1n) is 7.20. The molecule has 0 aromatic heterocycles. The Morgan fingerprint density at radius 3 is 2.74 bits per heavy atom. The number of rotatable bonds is 3. The van der Waals surface area contributed by atoms with Crippen LogP contribution in [0.3, 0.4) is 0 Å². The number of nitrogens with zero attached hydrogens (tertiary/aromatic N) is 1. The zero-order valence-electron chi connectivity index (χ0n) is 12.4. The van der Waals surface area contributed by atoms with E-state index in [-0.39, 0.29) is 5.41 Å². The first-order valence-corrected chi connectivity index (χ1v) is 7.20. The van der Waals surface area contributed by atoms with Gasteiger partial charge in [-0.3, -0.25) is 0 Å². The molecule has 106 valence electrons. The second-order valence-electron chi connectivity index (χ2n) is 6.52. The van der Waals surface area contributed by atoms with E-state index in [0.29, 0.717) is 12.6 Å². The Bertz CT molecular complexity index is 411. The van der Waals surface area contributed by atoms with Crippen LogP contribution in [0.25, 0.3) is 0 Å². The first kappa shape index (κ1) is 14.2. The molecule has 1 aromatic carbocycles. The van der Waals surface area contributed by atoms with Crippen molar-refractivity contribution in [3.63, 3.8) is 0 Å². The van der Waals surface area contributed by atoms with E-state index < -0.39 is 0 Å². The van der Waals surface area contributed by atoms with Crippen LogP contribution in [0.4, 0.5) is 5.69 Å². The molecule has 0 amide bonds. The maximum absolute atomic E-state index is 6.04. The van der Waals surface area contributed by atoms with Crippen molar-refractivity contribution in [3.8, 4) is 5.75 Å². The molecule has 0 aliphatic carbocycles. The van der Waals surface area contributed by atoms with Crippen molar-refractivity contribution in [1.82, 2.24) is 0 Å². The lowest BCUT2D eigenvalue weighted by Crippen LogP contribution is -2.43. The fourth-order valence-corrected chi connectivity index (χ4v) is 2.76. The third kappa shape index (κ3) is 3.63. The van der Waals surface area contributed by atoms with Crippen LogP contribution in [-0.4, -0.2) is 25.7 Å². The highest BCUT2D eigenvalue weighted by atomic mass is 16.5. The smallest absolute Gasteiger partial charge is 0.142 e. The molecular formula is C16H26N2O. The van der Waals surface area contributed by atoms with E-state index >= 15 is 0 Å². The topological polar surface area (TPSA) is 38.5 Å². The average molecular weight is 262 g/mol. The molecule has 1 aliphatic heterocycles. The third-order valence-electron chi connectivity index (χ3n) is 3.54. The summed E-state index contributed by atoms with van der Waals surface area (Å²) in [6, 6.07) is 8.68. The van der Waals surface area contributed by atoms with Crippen molar-refractivity contribution in [2.24, 2.45) is 11.1 Å². The molecule has 0 fully saturated rings. The summed E-state index contributed by atoms with van der Waals surface area (Å²) in [4.78, 5) is 2.44. The second kappa shape index (κ2) is 5.83. The number of fused-ring (bicyclic) bond motifs is 1. The summed E-state index contributed by atoms with van der Waals surface area (Å²) in [5.74, 6) is 0.993. The number of hydrogen-bond acceptors (Lipinski definition) is 3. The zero-order valence-corrected chi connectivity index (χ0v) is 12.4. The largest absolute Gasteiger partial charge is 0.491 e. The molecule has 0 bridgehead atoms. The molecular weight excluding hydrogens is 236 g/mol. The Labute approximate surface area is 116 Å². The minimum atomic E-state index is 0.284. The van der Waals surface area contributed by atoms with Gasteiger partial charge in [0, 0.05) is 19.1 Å². The van der Waals surface area contributed by atoms with Gasteiger partial charge in [-0.2, -0.15) is 0 Å². The maximum atomic E-state index is 6.04. The fourth-order valence-electron chi connectivity index (χ4n) is 2.76. The van der Waals surface area contributed by atoms with Crippen molar-refractivity contribution < 1.29 is 4.74 Å². The predicted molar refractivity (Wildman–Crippen MR) is 80.8 cm³/mol. The minimum absolute atomic E-state index is 0.284. The van der Waals surface area contributed by atoms with Crippen LogP contribution in [0.1, 0.15) is 33.6 Å². The molecule has 1 atom stereocenters. The molecule has 19 heavy (non-hydrogen) atoms. The van der Waals surface area contributed by atoms with Crippen LogP contribution in [0.2, 0.25) is 0 Å². The van der Waals surface area contributed by atoms with Gasteiger partial charge < -0.3 is 15.4 Å². The molecule has 1 unspecified atom stereocenters. The molecule has 1 aromatic rings. The lowest BCUT2D eigenvalue weighted by atomic mass is 9.87. The molecule has 0 saturated carbocycles. The van der Waals surface area contributed by atoms with Crippen molar-refractivity contribution in [1.29, 1.82) is 0 Å². The summed E-state index contributed by atoms with van der Waals surface area (Å²) in [6.07, 6.45) is 2.15. The van der Waals surface area contributed by atoms with Crippen molar-refractivity contribution in [2.75, 3.05) is 24.6 Å². The second-order valence-corrected chi connectivity index (χ2v) is 6.52. The van der Waals surface area contributed by atoms with Crippen molar-refractivity contribution >= 4 is 5.69 Å². The van der Waals surface area contributed by atoms with Gasteiger partial charge in [-0.25, -0.2) is 0 Å². The first-order chi connectivity index (χ1) is 9.01. The van der Waals surface area contributed by atoms with Gasteiger partial charge >= 0.3 is 0 Å². The Hall–Kier alpha value is -1.22. The third-order valence-corrected chi connectivity index (χ3v) is 3.54.